The summed E-state index contributed by atoms with van der Waals surface area (Å²) >= 11 is 0. The van der Waals surface area contributed by atoms with E-state index in [-0.39, 0.29) is 0 Å². The number of nitrogens with zero attached hydrogens (tertiary/aromatic N) is 3. The van der Waals surface area contributed by atoms with E-state index in [0.29, 0.717) is 0 Å². The maximum absolute atomic E-state index is 4.92. The van der Waals surface area contributed by atoms with Gasteiger partial charge in [-0.15, -0.1) is 0 Å². The lowest BCUT2D eigenvalue weighted by atomic mass is 9.90. The lowest BCUT2D eigenvalue weighted by Crippen LogP contribution is -2.35. The van der Waals surface area contributed by atoms with E-state index >= 15 is 0 Å². The molecule has 0 amide bonds. The lowest BCUT2D eigenvalue weighted by Gasteiger charge is -2.33. The Morgan fingerprint density at radius 3 is 2.38 bits per heavy atom. The summed E-state index contributed by atoms with van der Waals surface area (Å²) in [6.07, 6.45) is 5.64. The minimum Gasteiger partial charge on any atom is -0.355 e. The molecule has 4 aromatic rings. The van der Waals surface area contributed by atoms with Crippen LogP contribution in [0.4, 0.5) is 5.82 Å². The van der Waals surface area contributed by atoms with Crippen LogP contribution in [0.5, 0.6) is 0 Å². The van der Waals surface area contributed by atoms with Crippen LogP contribution in [0.15, 0.2) is 66.9 Å². The molecule has 5 rings (SSSR count). The maximum atomic E-state index is 4.92. The average Bonchev–Trinajstić information content (AvgIpc) is 3.05. The number of benzene rings is 2. The van der Waals surface area contributed by atoms with E-state index < -0.39 is 0 Å². The molecular weight excluding hydrogens is 390 g/mol. The number of rotatable bonds is 5. The van der Waals surface area contributed by atoms with Gasteiger partial charge >= 0.3 is 0 Å². The van der Waals surface area contributed by atoms with Gasteiger partial charge in [-0.05, 0) is 68.7 Å². The fourth-order valence-electron chi connectivity index (χ4n) is 5.30. The van der Waals surface area contributed by atoms with Crippen molar-refractivity contribution in [3.05, 3.63) is 94.8 Å². The Labute approximate surface area is 191 Å². The topological polar surface area (TPSA) is 21.1 Å². The molecule has 0 saturated carbocycles. The largest absolute Gasteiger partial charge is 0.355 e. The molecule has 0 spiro atoms. The van der Waals surface area contributed by atoms with Gasteiger partial charge in [0.1, 0.15) is 0 Å². The highest BCUT2D eigenvalue weighted by molar-refractivity contribution is 5.93. The third-order valence-corrected chi connectivity index (χ3v) is 7.23. The number of aromatic nitrogens is 2. The fourth-order valence-corrected chi connectivity index (χ4v) is 5.30. The summed E-state index contributed by atoms with van der Waals surface area (Å²) in [5, 5.41) is 1.34. The number of hydrogen-bond donors (Lipinski definition) is 0. The van der Waals surface area contributed by atoms with Crippen LogP contribution in [0.1, 0.15) is 40.8 Å². The van der Waals surface area contributed by atoms with E-state index in [1.165, 1.54) is 58.1 Å². The molecule has 1 aliphatic heterocycles. The first-order chi connectivity index (χ1) is 15.6. The quantitative estimate of drug-likeness (QED) is 0.367. The molecule has 3 nitrogen and oxygen atoms in total. The van der Waals surface area contributed by atoms with Crippen LogP contribution in [0, 0.1) is 26.7 Å². The molecular formula is C29H33N3. The second-order valence-electron chi connectivity index (χ2n) is 9.44. The minimum atomic E-state index is 0.760. The molecule has 2 aromatic heterocycles. The van der Waals surface area contributed by atoms with Gasteiger partial charge < -0.3 is 9.47 Å². The number of hydrogen-bond acceptors (Lipinski definition) is 2. The van der Waals surface area contributed by atoms with Crippen LogP contribution in [-0.2, 0) is 13.0 Å². The Balaban J connectivity index is 1.43. The van der Waals surface area contributed by atoms with Crippen molar-refractivity contribution in [3.63, 3.8) is 0 Å². The summed E-state index contributed by atoms with van der Waals surface area (Å²) < 4.78 is 2.48. The number of aryl methyl sites for hydroxylation is 2. The van der Waals surface area contributed by atoms with Crippen molar-refractivity contribution in [2.24, 2.45) is 5.92 Å². The van der Waals surface area contributed by atoms with E-state index in [4.69, 9.17) is 4.98 Å². The number of fused-ring (bicyclic) bond motifs is 1. The standard InChI is InChI=1S/C29H33N3/c1-21-8-7-11-26(18-21)20-32-23(3)22(2)27-12-15-30-29(28(27)32)31-16-13-25(14-17-31)19-24-9-5-4-6-10-24/h4-12,15,18,25H,13-14,16-17,19-20H2,1-3H3. The van der Waals surface area contributed by atoms with Crippen LogP contribution in [-0.4, -0.2) is 22.6 Å². The molecule has 0 N–H and O–H groups in total. The van der Waals surface area contributed by atoms with E-state index in [0.717, 1.165) is 31.4 Å². The van der Waals surface area contributed by atoms with Gasteiger partial charge in [0, 0.05) is 36.9 Å². The molecule has 1 saturated heterocycles. The van der Waals surface area contributed by atoms with E-state index in [9.17, 15) is 0 Å². The third kappa shape index (κ3) is 4.04. The first-order valence-corrected chi connectivity index (χ1v) is 11.9. The third-order valence-electron chi connectivity index (χ3n) is 7.23. The van der Waals surface area contributed by atoms with Crippen LogP contribution < -0.4 is 4.90 Å². The molecule has 0 bridgehead atoms. The van der Waals surface area contributed by atoms with E-state index in [1.54, 1.807) is 0 Å². The van der Waals surface area contributed by atoms with Crippen molar-refractivity contribution in [2.45, 2.75) is 46.6 Å². The van der Waals surface area contributed by atoms with E-state index in [1.807, 2.05) is 6.20 Å². The van der Waals surface area contributed by atoms with Crippen molar-refractivity contribution in [2.75, 3.05) is 18.0 Å². The summed E-state index contributed by atoms with van der Waals surface area (Å²) in [6, 6.07) is 22.0. The first-order valence-electron chi connectivity index (χ1n) is 11.9. The molecule has 0 atom stereocenters. The van der Waals surface area contributed by atoms with Gasteiger partial charge in [0.2, 0.25) is 0 Å². The van der Waals surface area contributed by atoms with Gasteiger partial charge in [0.15, 0.2) is 5.82 Å². The summed E-state index contributed by atoms with van der Waals surface area (Å²) in [6.45, 7) is 9.72. The van der Waals surface area contributed by atoms with Crippen molar-refractivity contribution in [3.8, 4) is 0 Å². The Hall–Kier alpha value is -3.07. The highest BCUT2D eigenvalue weighted by atomic mass is 15.2. The lowest BCUT2D eigenvalue weighted by molar-refractivity contribution is 0.402. The monoisotopic (exact) mass is 423 g/mol. The van der Waals surface area contributed by atoms with Crippen molar-refractivity contribution in [1.82, 2.24) is 9.55 Å². The first kappa shape index (κ1) is 20.8. The Morgan fingerprint density at radius 1 is 0.875 bits per heavy atom. The molecule has 0 unspecified atom stereocenters. The average molecular weight is 424 g/mol. The summed E-state index contributed by atoms with van der Waals surface area (Å²) in [5.41, 5.74) is 8.13. The SMILES string of the molecule is Cc1cccc(Cn2c(C)c(C)c3ccnc(N4CCC(Cc5ccccc5)CC4)c32)c1. The number of pyridine rings is 1. The Bertz CT molecular complexity index is 1210. The smallest absolute Gasteiger partial charge is 0.153 e. The molecule has 164 valence electrons. The van der Waals surface area contributed by atoms with Crippen LogP contribution in [0.3, 0.4) is 0 Å². The molecule has 3 heteroatoms. The predicted octanol–water partition coefficient (Wildman–Crippen LogP) is 6.47. The molecule has 1 fully saturated rings. The summed E-state index contributed by atoms with van der Waals surface area (Å²) in [7, 11) is 0. The Kier molecular flexibility index (Phi) is 5.73. The predicted molar refractivity (Wildman–Crippen MR) is 135 cm³/mol. The number of piperidine rings is 1. The highest BCUT2D eigenvalue weighted by Gasteiger charge is 2.24. The molecule has 1 aliphatic rings. The normalized spacial score (nSPS) is 14.9. The van der Waals surface area contributed by atoms with E-state index in [2.05, 4.69) is 90.9 Å². The van der Waals surface area contributed by atoms with Gasteiger partial charge in [-0.25, -0.2) is 4.98 Å². The zero-order valence-corrected chi connectivity index (χ0v) is 19.5. The molecule has 3 heterocycles. The van der Waals surface area contributed by atoms with Gasteiger partial charge in [-0.3, -0.25) is 0 Å². The maximum Gasteiger partial charge on any atom is 0.153 e. The minimum absolute atomic E-state index is 0.760. The van der Waals surface area contributed by atoms with Gasteiger partial charge in [-0.1, -0.05) is 60.2 Å². The molecule has 2 aromatic carbocycles. The zero-order valence-electron chi connectivity index (χ0n) is 19.5. The molecule has 32 heavy (non-hydrogen) atoms. The highest BCUT2D eigenvalue weighted by Crippen LogP contribution is 2.34. The summed E-state index contributed by atoms with van der Waals surface area (Å²) in [4.78, 5) is 7.44. The van der Waals surface area contributed by atoms with Crippen LogP contribution in [0.2, 0.25) is 0 Å². The zero-order chi connectivity index (χ0) is 22.1. The van der Waals surface area contributed by atoms with Gasteiger partial charge in [0.05, 0.1) is 5.52 Å². The number of anilines is 1. The van der Waals surface area contributed by atoms with Crippen LogP contribution >= 0.6 is 0 Å². The molecule has 0 radical (unpaired) electrons. The molecule has 0 aliphatic carbocycles. The van der Waals surface area contributed by atoms with Crippen molar-refractivity contribution in [1.29, 1.82) is 0 Å². The van der Waals surface area contributed by atoms with Gasteiger partial charge in [0.25, 0.3) is 0 Å². The second kappa shape index (κ2) is 8.82. The fraction of sp³-hybridized carbons (Fsp3) is 0.345. The Morgan fingerprint density at radius 2 is 1.62 bits per heavy atom. The van der Waals surface area contributed by atoms with Crippen LogP contribution in [0.25, 0.3) is 10.9 Å². The van der Waals surface area contributed by atoms with Gasteiger partial charge in [-0.2, -0.15) is 0 Å². The summed E-state index contributed by atoms with van der Waals surface area (Å²) in [5.74, 6) is 1.92. The van der Waals surface area contributed by atoms with Crippen molar-refractivity contribution < 1.29 is 0 Å². The van der Waals surface area contributed by atoms with Crippen molar-refractivity contribution >= 4 is 16.7 Å². The second-order valence-corrected chi connectivity index (χ2v) is 9.44.